The van der Waals surface area contributed by atoms with Crippen molar-refractivity contribution in [2.45, 2.75) is 13.2 Å². The molecule has 2 aliphatic heterocycles. The zero-order valence-corrected chi connectivity index (χ0v) is 13.7. The fraction of sp³-hybridized carbons (Fsp3) is 0.353. The van der Waals surface area contributed by atoms with Gasteiger partial charge in [0.1, 0.15) is 18.5 Å². The highest BCUT2D eigenvalue weighted by molar-refractivity contribution is 5.82. The summed E-state index contributed by atoms with van der Waals surface area (Å²) in [6.07, 6.45) is 3.25. The van der Waals surface area contributed by atoms with Crippen molar-refractivity contribution in [1.29, 1.82) is 0 Å². The predicted molar refractivity (Wildman–Crippen MR) is 91.0 cm³/mol. The molecule has 2 aliphatic rings. The van der Waals surface area contributed by atoms with Gasteiger partial charge in [0, 0.05) is 38.3 Å². The van der Waals surface area contributed by atoms with Gasteiger partial charge in [-0.2, -0.15) is 4.89 Å². The van der Waals surface area contributed by atoms with E-state index in [-0.39, 0.29) is 0 Å². The minimum absolute atomic E-state index is 0.537. The lowest BCUT2D eigenvalue weighted by molar-refractivity contribution is -0.194. The highest BCUT2D eigenvalue weighted by atomic mass is 17.2. The van der Waals surface area contributed by atoms with Crippen molar-refractivity contribution in [2.75, 3.05) is 31.1 Å². The number of aromatic nitrogens is 4. The van der Waals surface area contributed by atoms with Gasteiger partial charge in [-0.3, -0.25) is 4.90 Å². The monoisotopic (exact) mass is 338 g/mol. The molecule has 0 radical (unpaired) electrons. The van der Waals surface area contributed by atoms with Crippen molar-refractivity contribution in [2.24, 2.45) is 0 Å². The molecule has 0 unspecified atom stereocenters. The summed E-state index contributed by atoms with van der Waals surface area (Å²) >= 11 is 0. The number of H-pyrrole nitrogens is 1. The Morgan fingerprint density at radius 2 is 2.00 bits per heavy atom. The summed E-state index contributed by atoms with van der Waals surface area (Å²) < 4.78 is 0. The van der Waals surface area contributed by atoms with E-state index in [2.05, 4.69) is 47.9 Å². The predicted octanol–water partition coefficient (Wildman–Crippen LogP) is 1.50. The molecule has 8 heteroatoms. The SMILES string of the molecule is c1nc(N2CCN(Cc3ccc4c(c3)OOC4)CC2)c2[nH]cnc2n1. The van der Waals surface area contributed by atoms with E-state index in [9.17, 15) is 0 Å². The Labute approximate surface area is 144 Å². The summed E-state index contributed by atoms with van der Waals surface area (Å²) in [5, 5.41) is 0. The van der Waals surface area contributed by atoms with Gasteiger partial charge in [0.15, 0.2) is 17.2 Å². The number of nitrogens with one attached hydrogen (secondary N) is 1. The molecule has 1 aromatic carbocycles. The van der Waals surface area contributed by atoms with Crippen molar-refractivity contribution in [3.8, 4) is 5.75 Å². The molecule has 5 rings (SSSR count). The van der Waals surface area contributed by atoms with Gasteiger partial charge >= 0.3 is 0 Å². The Morgan fingerprint density at radius 1 is 1.08 bits per heavy atom. The third-order valence-electron chi connectivity index (χ3n) is 4.78. The largest absolute Gasteiger partial charge is 0.352 e. The van der Waals surface area contributed by atoms with E-state index < -0.39 is 0 Å². The lowest BCUT2D eigenvalue weighted by Crippen LogP contribution is -2.46. The fourth-order valence-corrected chi connectivity index (χ4v) is 3.42. The maximum absolute atomic E-state index is 5.19. The number of hydrogen-bond donors (Lipinski definition) is 1. The summed E-state index contributed by atoms with van der Waals surface area (Å²) in [5.74, 6) is 1.78. The number of rotatable bonds is 3. The molecule has 0 bridgehead atoms. The molecule has 1 fully saturated rings. The first-order valence-corrected chi connectivity index (χ1v) is 8.39. The molecule has 1 saturated heterocycles. The highest BCUT2D eigenvalue weighted by Crippen LogP contribution is 2.28. The van der Waals surface area contributed by atoms with Crippen LogP contribution in [-0.4, -0.2) is 51.0 Å². The average Bonchev–Trinajstić information content (AvgIpc) is 3.31. The van der Waals surface area contributed by atoms with Crippen LogP contribution in [0.25, 0.3) is 11.2 Å². The molecule has 0 atom stereocenters. The summed E-state index contributed by atoms with van der Waals surface area (Å²) in [5.41, 5.74) is 3.98. The third kappa shape index (κ3) is 2.69. The minimum Gasteiger partial charge on any atom is -0.352 e. The smallest absolute Gasteiger partial charge is 0.182 e. The molecule has 2 aromatic heterocycles. The van der Waals surface area contributed by atoms with Crippen molar-refractivity contribution in [1.82, 2.24) is 24.8 Å². The Morgan fingerprint density at radius 3 is 2.92 bits per heavy atom. The lowest BCUT2D eigenvalue weighted by atomic mass is 10.1. The van der Waals surface area contributed by atoms with E-state index in [1.165, 1.54) is 5.56 Å². The van der Waals surface area contributed by atoms with Crippen LogP contribution in [0.3, 0.4) is 0 Å². The van der Waals surface area contributed by atoms with E-state index in [0.717, 1.165) is 55.4 Å². The second-order valence-corrected chi connectivity index (χ2v) is 6.35. The van der Waals surface area contributed by atoms with Crippen LogP contribution in [0.5, 0.6) is 5.75 Å². The molecule has 0 amide bonds. The molecule has 0 spiro atoms. The topological polar surface area (TPSA) is 79.4 Å². The molecule has 4 heterocycles. The summed E-state index contributed by atoms with van der Waals surface area (Å²) in [6, 6.07) is 6.32. The van der Waals surface area contributed by atoms with Crippen LogP contribution in [-0.2, 0) is 18.0 Å². The zero-order valence-electron chi connectivity index (χ0n) is 13.7. The molecule has 3 aromatic rings. The number of piperazine rings is 1. The molecular formula is C17H18N6O2. The van der Waals surface area contributed by atoms with Crippen molar-refractivity contribution < 1.29 is 9.78 Å². The molecule has 0 saturated carbocycles. The zero-order chi connectivity index (χ0) is 16.6. The minimum atomic E-state index is 0.537. The number of imidazole rings is 1. The second kappa shape index (κ2) is 5.98. The number of fused-ring (bicyclic) bond motifs is 2. The van der Waals surface area contributed by atoms with Gasteiger partial charge in [-0.05, 0) is 11.6 Å². The van der Waals surface area contributed by atoms with Crippen LogP contribution in [0.15, 0.2) is 30.9 Å². The van der Waals surface area contributed by atoms with E-state index in [1.54, 1.807) is 12.7 Å². The van der Waals surface area contributed by atoms with Gasteiger partial charge in [-0.15, -0.1) is 0 Å². The highest BCUT2D eigenvalue weighted by Gasteiger charge is 2.21. The fourth-order valence-electron chi connectivity index (χ4n) is 3.42. The molecule has 8 nitrogen and oxygen atoms in total. The van der Waals surface area contributed by atoms with Crippen molar-refractivity contribution >= 4 is 17.0 Å². The van der Waals surface area contributed by atoms with E-state index in [0.29, 0.717) is 12.3 Å². The molecular weight excluding hydrogens is 320 g/mol. The maximum Gasteiger partial charge on any atom is 0.182 e. The van der Waals surface area contributed by atoms with Crippen LogP contribution in [0, 0.1) is 0 Å². The number of hydrogen-bond acceptors (Lipinski definition) is 7. The molecule has 0 aliphatic carbocycles. The Kier molecular flexibility index (Phi) is 3.50. The van der Waals surface area contributed by atoms with Crippen LogP contribution in [0.4, 0.5) is 5.82 Å². The lowest BCUT2D eigenvalue weighted by Gasteiger charge is -2.35. The molecule has 25 heavy (non-hydrogen) atoms. The quantitative estimate of drug-likeness (QED) is 0.725. The molecule has 128 valence electrons. The van der Waals surface area contributed by atoms with Crippen LogP contribution < -0.4 is 9.79 Å². The first-order chi connectivity index (χ1) is 12.4. The standard InChI is InChI=1S/C17H18N6O2/c1-2-13-9-24-25-14(13)7-12(1)8-22-3-5-23(6-4-22)17-15-16(19-10-18-15)20-11-21-17/h1-2,7,10-11H,3-6,8-9H2,(H,18,19,20,21). The molecule has 1 N–H and O–H groups in total. The normalized spacial score (nSPS) is 17.7. The van der Waals surface area contributed by atoms with E-state index >= 15 is 0 Å². The van der Waals surface area contributed by atoms with Crippen LogP contribution >= 0.6 is 0 Å². The first kappa shape index (κ1) is 14.6. The van der Waals surface area contributed by atoms with Crippen molar-refractivity contribution in [3.63, 3.8) is 0 Å². The van der Waals surface area contributed by atoms with Gasteiger partial charge < -0.3 is 14.8 Å². The number of benzene rings is 1. The number of nitrogens with zero attached hydrogens (tertiary/aromatic N) is 5. The van der Waals surface area contributed by atoms with Gasteiger partial charge in [0.2, 0.25) is 0 Å². The van der Waals surface area contributed by atoms with E-state index in [4.69, 9.17) is 9.78 Å². The van der Waals surface area contributed by atoms with Crippen LogP contribution in [0.2, 0.25) is 0 Å². The number of aromatic amines is 1. The van der Waals surface area contributed by atoms with Gasteiger partial charge in [-0.1, -0.05) is 12.1 Å². The van der Waals surface area contributed by atoms with Gasteiger partial charge in [0.05, 0.1) is 6.33 Å². The Bertz CT molecular complexity index is 903. The summed E-state index contributed by atoms with van der Waals surface area (Å²) in [6.45, 7) is 5.26. The van der Waals surface area contributed by atoms with Gasteiger partial charge in [0.25, 0.3) is 0 Å². The third-order valence-corrected chi connectivity index (χ3v) is 4.78. The first-order valence-electron chi connectivity index (χ1n) is 8.39. The van der Waals surface area contributed by atoms with Gasteiger partial charge in [-0.25, -0.2) is 15.0 Å². The average molecular weight is 338 g/mol. The number of anilines is 1. The maximum atomic E-state index is 5.19. The summed E-state index contributed by atoms with van der Waals surface area (Å²) in [4.78, 5) is 30.9. The Balaban J connectivity index is 1.26. The summed E-state index contributed by atoms with van der Waals surface area (Å²) in [7, 11) is 0. The second-order valence-electron chi connectivity index (χ2n) is 6.35. The Hall–Kier alpha value is -2.71. The van der Waals surface area contributed by atoms with Crippen molar-refractivity contribution in [3.05, 3.63) is 42.0 Å². The van der Waals surface area contributed by atoms with E-state index in [1.807, 2.05) is 0 Å². The van der Waals surface area contributed by atoms with Crippen LogP contribution in [0.1, 0.15) is 11.1 Å².